The summed E-state index contributed by atoms with van der Waals surface area (Å²) in [6.45, 7) is 2.46. The minimum Gasteiger partial charge on any atom is -0.496 e. The molecule has 0 saturated carbocycles. The zero-order valence-corrected chi connectivity index (χ0v) is 13.7. The maximum absolute atomic E-state index is 6.12. The Balaban J connectivity index is 1.76. The number of ether oxygens (including phenoxy) is 1. The van der Waals surface area contributed by atoms with E-state index in [-0.39, 0.29) is 0 Å². The number of hydrogen-bond donors (Lipinski definition) is 1. The molecule has 23 heavy (non-hydrogen) atoms. The first-order valence-corrected chi connectivity index (χ1v) is 7.64. The first-order chi connectivity index (χ1) is 11.2. The van der Waals surface area contributed by atoms with Crippen LogP contribution in [0.3, 0.4) is 0 Å². The molecule has 1 heterocycles. The first kappa shape index (κ1) is 15.4. The normalized spacial score (nSPS) is 10.6. The molecule has 4 nitrogen and oxygen atoms in total. The Bertz CT molecular complexity index is 814. The summed E-state index contributed by atoms with van der Waals surface area (Å²) in [5.74, 6) is 2.04. The summed E-state index contributed by atoms with van der Waals surface area (Å²) in [5.41, 5.74) is 2.85. The van der Waals surface area contributed by atoms with E-state index in [9.17, 15) is 0 Å². The molecule has 5 heteroatoms. The van der Waals surface area contributed by atoms with Crippen LogP contribution in [-0.4, -0.2) is 12.1 Å². The van der Waals surface area contributed by atoms with Crippen LogP contribution in [0.2, 0.25) is 5.02 Å². The Morgan fingerprint density at radius 2 is 2.00 bits per heavy atom. The highest BCUT2D eigenvalue weighted by Crippen LogP contribution is 2.30. The fourth-order valence-electron chi connectivity index (χ4n) is 2.33. The van der Waals surface area contributed by atoms with E-state index >= 15 is 0 Å². The van der Waals surface area contributed by atoms with Gasteiger partial charge in [0.2, 0.25) is 5.89 Å². The van der Waals surface area contributed by atoms with Crippen molar-refractivity contribution in [2.24, 2.45) is 0 Å². The fraction of sp³-hybridized carbons (Fsp3) is 0.167. The number of para-hydroxylation sites is 1. The van der Waals surface area contributed by atoms with E-state index in [4.69, 9.17) is 20.8 Å². The van der Waals surface area contributed by atoms with Crippen LogP contribution in [0.1, 0.15) is 11.5 Å². The van der Waals surface area contributed by atoms with Gasteiger partial charge in [0, 0.05) is 10.7 Å². The van der Waals surface area contributed by atoms with Crippen molar-refractivity contribution in [3.05, 3.63) is 65.1 Å². The van der Waals surface area contributed by atoms with E-state index in [1.54, 1.807) is 13.3 Å². The van der Waals surface area contributed by atoms with E-state index in [2.05, 4.69) is 10.3 Å². The van der Waals surface area contributed by atoms with Crippen molar-refractivity contribution in [1.82, 2.24) is 4.98 Å². The summed E-state index contributed by atoms with van der Waals surface area (Å²) < 4.78 is 11.2. The lowest BCUT2D eigenvalue weighted by Crippen LogP contribution is -2.01. The van der Waals surface area contributed by atoms with Gasteiger partial charge in [-0.05, 0) is 36.8 Å². The van der Waals surface area contributed by atoms with Gasteiger partial charge in [-0.1, -0.05) is 29.8 Å². The van der Waals surface area contributed by atoms with Crippen molar-refractivity contribution in [2.75, 3.05) is 12.4 Å². The van der Waals surface area contributed by atoms with Crippen LogP contribution in [0.5, 0.6) is 5.75 Å². The maximum Gasteiger partial charge on any atom is 0.214 e. The molecular formula is C18H17ClN2O2. The van der Waals surface area contributed by atoms with Crippen molar-refractivity contribution < 1.29 is 9.15 Å². The molecule has 0 fully saturated rings. The second-order valence-electron chi connectivity index (χ2n) is 5.08. The molecule has 0 radical (unpaired) electrons. The zero-order chi connectivity index (χ0) is 16.2. The van der Waals surface area contributed by atoms with Crippen molar-refractivity contribution >= 4 is 17.3 Å². The molecule has 0 unspecified atom stereocenters. The third-order valence-corrected chi connectivity index (χ3v) is 4.03. The molecule has 3 aromatic rings. The van der Waals surface area contributed by atoms with Crippen molar-refractivity contribution in [1.29, 1.82) is 0 Å². The zero-order valence-electron chi connectivity index (χ0n) is 13.0. The van der Waals surface area contributed by atoms with Gasteiger partial charge in [0.1, 0.15) is 5.75 Å². The molecule has 0 amide bonds. The summed E-state index contributed by atoms with van der Waals surface area (Å²) in [6, 6.07) is 13.4. The lowest BCUT2D eigenvalue weighted by molar-refractivity contribution is 0.414. The van der Waals surface area contributed by atoms with Crippen LogP contribution < -0.4 is 10.1 Å². The van der Waals surface area contributed by atoms with Crippen LogP contribution in [-0.2, 0) is 6.54 Å². The summed E-state index contributed by atoms with van der Waals surface area (Å²) in [4.78, 5) is 4.32. The molecule has 1 aromatic heterocycles. The Kier molecular flexibility index (Phi) is 4.53. The SMILES string of the molecule is COc1ccccc1-c1cnc(CNc2cccc(Cl)c2C)o1. The van der Waals surface area contributed by atoms with E-state index in [0.717, 1.165) is 27.6 Å². The van der Waals surface area contributed by atoms with Gasteiger partial charge in [0.15, 0.2) is 5.76 Å². The Morgan fingerprint density at radius 3 is 2.83 bits per heavy atom. The molecule has 2 aromatic carbocycles. The molecule has 0 atom stereocenters. The minimum atomic E-state index is 0.482. The standard InChI is InChI=1S/C18H17ClN2O2/c1-12-14(19)7-5-8-15(12)20-11-18-21-10-17(23-18)13-6-3-4-9-16(13)22-2/h3-10,20H,11H2,1-2H3. The number of rotatable bonds is 5. The average Bonchev–Trinajstić information content (AvgIpc) is 3.05. The average molecular weight is 329 g/mol. The number of halogens is 1. The molecular weight excluding hydrogens is 312 g/mol. The molecule has 1 N–H and O–H groups in total. The van der Waals surface area contributed by atoms with E-state index in [0.29, 0.717) is 18.2 Å². The van der Waals surface area contributed by atoms with Gasteiger partial charge in [-0.2, -0.15) is 0 Å². The minimum absolute atomic E-state index is 0.482. The van der Waals surface area contributed by atoms with Crippen LogP contribution >= 0.6 is 11.6 Å². The number of benzene rings is 2. The quantitative estimate of drug-likeness (QED) is 0.721. The number of nitrogens with zero attached hydrogens (tertiary/aromatic N) is 1. The molecule has 0 aliphatic heterocycles. The molecule has 0 saturated heterocycles. The van der Waals surface area contributed by atoms with Crippen LogP contribution in [0.25, 0.3) is 11.3 Å². The van der Waals surface area contributed by atoms with Gasteiger partial charge in [0.05, 0.1) is 25.4 Å². The summed E-state index contributed by atoms with van der Waals surface area (Å²) in [6.07, 6.45) is 1.71. The summed E-state index contributed by atoms with van der Waals surface area (Å²) >= 11 is 6.12. The van der Waals surface area contributed by atoms with Crippen LogP contribution in [0, 0.1) is 6.92 Å². The molecule has 0 bridgehead atoms. The lowest BCUT2D eigenvalue weighted by Gasteiger charge is -2.08. The number of oxazole rings is 1. The largest absolute Gasteiger partial charge is 0.496 e. The first-order valence-electron chi connectivity index (χ1n) is 7.26. The summed E-state index contributed by atoms with van der Waals surface area (Å²) in [7, 11) is 1.64. The highest BCUT2D eigenvalue weighted by Gasteiger charge is 2.11. The third kappa shape index (κ3) is 3.32. The highest BCUT2D eigenvalue weighted by molar-refractivity contribution is 6.31. The predicted molar refractivity (Wildman–Crippen MR) is 92.0 cm³/mol. The van der Waals surface area contributed by atoms with Gasteiger partial charge >= 0.3 is 0 Å². The smallest absolute Gasteiger partial charge is 0.214 e. The second-order valence-corrected chi connectivity index (χ2v) is 5.49. The number of methoxy groups -OCH3 is 1. The fourth-order valence-corrected chi connectivity index (χ4v) is 2.51. The molecule has 118 valence electrons. The van der Waals surface area contributed by atoms with Crippen LogP contribution in [0.4, 0.5) is 5.69 Å². The van der Waals surface area contributed by atoms with Crippen molar-refractivity contribution in [3.63, 3.8) is 0 Å². The van der Waals surface area contributed by atoms with Gasteiger partial charge in [-0.3, -0.25) is 0 Å². The lowest BCUT2D eigenvalue weighted by atomic mass is 10.1. The van der Waals surface area contributed by atoms with Crippen molar-refractivity contribution in [3.8, 4) is 17.1 Å². The monoisotopic (exact) mass is 328 g/mol. The second kappa shape index (κ2) is 6.75. The van der Waals surface area contributed by atoms with Gasteiger partial charge < -0.3 is 14.5 Å². The maximum atomic E-state index is 6.12. The molecule has 0 spiro atoms. The Hall–Kier alpha value is -2.46. The molecule has 3 rings (SSSR count). The number of nitrogens with one attached hydrogen (secondary N) is 1. The highest BCUT2D eigenvalue weighted by atomic mass is 35.5. The Labute approximate surface area is 140 Å². The Morgan fingerprint density at radius 1 is 1.17 bits per heavy atom. The van der Waals surface area contributed by atoms with Gasteiger partial charge in [0.25, 0.3) is 0 Å². The molecule has 0 aliphatic rings. The summed E-state index contributed by atoms with van der Waals surface area (Å²) in [5, 5.41) is 4.02. The number of hydrogen-bond acceptors (Lipinski definition) is 4. The van der Waals surface area contributed by atoms with E-state index in [1.807, 2.05) is 49.4 Å². The third-order valence-electron chi connectivity index (χ3n) is 3.62. The number of aromatic nitrogens is 1. The topological polar surface area (TPSA) is 47.3 Å². The van der Waals surface area contributed by atoms with Gasteiger partial charge in [-0.15, -0.1) is 0 Å². The van der Waals surface area contributed by atoms with Crippen molar-refractivity contribution in [2.45, 2.75) is 13.5 Å². The van der Waals surface area contributed by atoms with Crippen LogP contribution in [0.15, 0.2) is 53.1 Å². The number of anilines is 1. The van der Waals surface area contributed by atoms with E-state index in [1.165, 1.54) is 0 Å². The van der Waals surface area contributed by atoms with Gasteiger partial charge in [-0.25, -0.2) is 4.98 Å². The van der Waals surface area contributed by atoms with E-state index < -0.39 is 0 Å². The predicted octanol–water partition coefficient (Wildman–Crippen LogP) is 4.92. The molecule has 0 aliphatic carbocycles.